The number of aromatic nitrogens is 1. The summed E-state index contributed by atoms with van der Waals surface area (Å²) in [6.45, 7) is 15.1. The third kappa shape index (κ3) is 8.45. The predicted octanol–water partition coefficient (Wildman–Crippen LogP) is 4.15. The van der Waals surface area contributed by atoms with Crippen LogP contribution in [0.15, 0.2) is 60.8 Å². The van der Waals surface area contributed by atoms with Gasteiger partial charge in [0.25, 0.3) is 11.8 Å². The Morgan fingerprint density at radius 1 is 0.862 bits per heavy atom. The number of benzene rings is 2. The number of amides is 4. The molecule has 4 fully saturated rings. The second kappa shape index (κ2) is 16.7. The number of imide groups is 1. The molecular weight excluding hydrogens is 737 g/mol. The van der Waals surface area contributed by atoms with Gasteiger partial charge in [0, 0.05) is 86.4 Å². The van der Waals surface area contributed by atoms with Crippen molar-refractivity contribution >= 4 is 35.0 Å². The van der Waals surface area contributed by atoms with Gasteiger partial charge in [-0.2, -0.15) is 5.26 Å². The zero-order valence-electron chi connectivity index (χ0n) is 34.0. The first-order chi connectivity index (χ1) is 27.8. The highest BCUT2D eigenvalue weighted by Crippen LogP contribution is 2.55. The van der Waals surface area contributed by atoms with E-state index in [9.17, 15) is 24.4 Å². The number of hydrogen-bond donors (Lipinski definition) is 3. The van der Waals surface area contributed by atoms with Crippen LogP contribution in [0.3, 0.4) is 0 Å². The van der Waals surface area contributed by atoms with Gasteiger partial charge in [-0.15, -0.1) is 0 Å². The number of hydrogen-bond acceptors (Lipinski definition) is 11. The van der Waals surface area contributed by atoms with Crippen LogP contribution in [0.1, 0.15) is 79.8 Å². The molecule has 4 aliphatic rings. The molecule has 1 saturated carbocycles. The average molecular weight is 791 g/mol. The SMILES string of the molecule is COc1cc(OC2C(C)(C)C(NC(=O)c3ccc(N4CCC(CN5CCN(c6ccc(C(=O)NC7CCC(=O)NC7=O)nc6)CC5)CC4)cc3)C2(C)C)ccc1C#N. The first kappa shape index (κ1) is 40.5. The molecule has 1 unspecified atom stereocenters. The fraction of sp³-hybridized carbons (Fsp3) is 0.500. The topological polar surface area (TPSA) is 169 Å². The molecule has 3 saturated heterocycles. The Bertz CT molecular complexity index is 2030. The van der Waals surface area contributed by atoms with E-state index >= 15 is 0 Å². The summed E-state index contributed by atoms with van der Waals surface area (Å²) in [5.41, 5.74) is 2.73. The van der Waals surface area contributed by atoms with Crippen molar-refractivity contribution in [1.29, 1.82) is 5.26 Å². The Hall–Kier alpha value is -5.68. The summed E-state index contributed by atoms with van der Waals surface area (Å²) < 4.78 is 11.8. The summed E-state index contributed by atoms with van der Waals surface area (Å²) in [7, 11) is 1.54. The summed E-state index contributed by atoms with van der Waals surface area (Å²) in [6, 6.07) is 18.1. The molecule has 0 bridgehead atoms. The summed E-state index contributed by atoms with van der Waals surface area (Å²) in [5.74, 6) is 0.388. The number of piperidine rings is 2. The van der Waals surface area contributed by atoms with Crippen molar-refractivity contribution in [2.45, 2.75) is 71.6 Å². The maximum Gasteiger partial charge on any atom is 0.270 e. The number of rotatable bonds is 11. The van der Waals surface area contributed by atoms with Crippen molar-refractivity contribution in [2.75, 3.05) is 62.7 Å². The number of carbonyl (C=O) groups is 4. The van der Waals surface area contributed by atoms with Crippen LogP contribution in [0.2, 0.25) is 0 Å². The molecule has 3 aliphatic heterocycles. The molecule has 4 amide bonds. The molecule has 3 aromatic rings. The lowest BCUT2D eigenvalue weighted by Gasteiger charge is -2.63. The Morgan fingerprint density at radius 3 is 2.16 bits per heavy atom. The van der Waals surface area contributed by atoms with Crippen molar-refractivity contribution in [1.82, 2.24) is 25.8 Å². The van der Waals surface area contributed by atoms with Crippen molar-refractivity contribution in [3.05, 3.63) is 77.6 Å². The van der Waals surface area contributed by atoms with Gasteiger partial charge in [0.15, 0.2) is 0 Å². The van der Waals surface area contributed by atoms with Crippen LogP contribution >= 0.6 is 0 Å². The molecule has 58 heavy (non-hydrogen) atoms. The third-order valence-corrected chi connectivity index (χ3v) is 12.6. The van der Waals surface area contributed by atoms with E-state index in [2.05, 4.69) is 81.5 Å². The molecule has 1 atom stereocenters. The Kier molecular flexibility index (Phi) is 11.6. The van der Waals surface area contributed by atoms with Crippen LogP contribution in [-0.2, 0) is 9.59 Å². The second-order valence-electron chi connectivity index (χ2n) is 17.2. The number of nitriles is 1. The van der Waals surface area contributed by atoms with Crippen molar-refractivity contribution < 1.29 is 28.7 Å². The monoisotopic (exact) mass is 790 g/mol. The van der Waals surface area contributed by atoms with Gasteiger partial charge in [0.2, 0.25) is 11.8 Å². The van der Waals surface area contributed by atoms with Gasteiger partial charge >= 0.3 is 0 Å². The number of methoxy groups -OCH3 is 1. The van der Waals surface area contributed by atoms with E-state index < -0.39 is 17.9 Å². The molecule has 2 aromatic carbocycles. The van der Waals surface area contributed by atoms with E-state index in [4.69, 9.17) is 9.47 Å². The van der Waals surface area contributed by atoms with Crippen LogP contribution in [0.5, 0.6) is 11.5 Å². The molecule has 14 heteroatoms. The van der Waals surface area contributed by atoms with Crippen LogP contribution < -0.4 is 35.2 Å². The van der Waals surface area contributed by atoms with E-state index in [0.717, 1.165) is 70.0 Å². The molecule has 0 radical (unpaired) electrons. The van der Waals surface area contributed by atoms with Crippen LogP contribution in [-0.4, -0.2) is 105 Å². The Balaban J connectivity index is 0.835. The highest BCUT2D eigenvalue weighted by molar-refractivity contribution is 6.03. The molecule has 306 valence electrons. The highest BCUT2D eigenvalue weighted by atomic mass is 16.5. The van der Waals surface area contributed by atoms with Crippen LogP contribution in [0, 0.1) is 28.1 Å². The molecule has 3 N–H and O–H groups in total. The summed E-state index contributed by atoms with van der Waals surface area (Å²) in [5, 5.41) is 17.6. The molecule has 7 rings (SSSR count). The summed E-state index contributed by atoms with van der Waals surface area (Å²) >= 11 is 0. The molecule has 1 aromatic heterocycles. The number of piperazine rings is 1. The molecular formula is C44H54N8O6. The molecule has 14 nitrogen and oxygen atoms in total. The first-order valence-electron chi connectivity index (χ1n) is 20.3. The van der Waals surface area contributed by atoms with E-state index in [0.29, 0.717) is 28.5 Å². The van der Waals surface area contributed by atoms with Gasteiger partial charge in [-0.3, -0.25) is 29.4 Å². The van der Waals surface area contributed by atoms with Crippen molar-refractivity contribution in [2.24, 2.45) is 16.7 Å². The predicted molar refractivity (Wildman–Crippen MR) is 219 cm³/mol. The summed E-state index contributed by atoms with van der Waals surface area (Å²) in [4.78, 5) is 61.2. The second-order valence-corrected chi connectivity index (χ2v) is 17.2. The third-order valence-electron chi connectivity index (χ3n) is 12.6. The van der Waals surface area contributed by atoms with E-state index in [1.165, 1.54) is 7.11 Å². The Morgan fingerprint density at radius 2 is 1.53 bits per heavy atom. The molecule has 1 aliphatic carbocycles. The van der Waals surface area contributed by atoms with E-state index in [1.54, 1.807) is 30.5 Å². The smallest absolute Gasteiger partial charge is 0.270 e. The number of anilines is 2. The van der Waals surface area contributed by atoms with E-state index in [1.807, 2.05) is 18.2 Å². The van der Waals surface area contributed by atoms with Gasteiger partial charge in [-0.05, 0) is 73.7 Å². The minimum atomic E-state index is -0.733. The lowest BCUT2D eigenvalue weighted by Crippen LogP contribution is -2.74. The zero-order chi connectivity index (χ0) is 41.2. The van der Waals surface area contributed by atoms with Gasteiger partial charge in [0.05, 0.1) is 24.6 Å². The normalized spacial score (nSPS) is 23.2. The maximum absolute atomic E-state index is 13.5. The number of nitrogens with one attached hydrogen (secondary N) is 3. The highest BCUT2D eigenvalue weighted by Gasteiger charge is 2.64. The summed E-state index contributed by atoms with van der Waals surface area (Å²) in [6.07, 6.45) is 4.25. The van der Waals surface area contributed by atoms with Gasteiger partial charge in [0.1, 0.15) is 35.4 Å². The van der Waals surface area contributed by atoms with E-state index in [-0.39, 0.29) is 53.3 Å². The van der Waals surface area contributed by atoms with Crippen molar-refractivity contribution in [3.8, 4) is 17.6 Å². The van der Waals surface area contributed by atoms with Crippen LogP contribution in [0.4, 0.5) is 11.4 Å². The minimum absolute atomic E-state index is 0.0993. The standard InChI is InChI=1S/C44H54N8O6/c1-43(2)41(44(3,4)42(43)58-33-12-8-30(25-45)36(24-33)57-5)49-38(54)29-6-9-31(10-7-29)51-18-16-28(17-19-51)27-50-20-22-52(23-21-50)32-11-13-34(46-26-32)39(55)47-35-14-15-37(53)48-40(35)56/h6-13,24,26,28,35,41-42H,14-23,27H2,1-5H3,(H,47,55)(H,49,54)(H,48,53,56). The maximum atomic E-state index is 13.5. The quantitative estimate of drug-likeness (QED) is 0.239. The fourth-order valence-corrected chi connectivity index (χ4v) is 9.51. The lowest BCUT2D eigenvalue weighted by atomic mass is 9.49. The number of ether oxygens (including phenoxy) is 2. The molecule has 4 heterocycles. The number of pyridine rings is 1. The fourth-order valence-electron chi connectivity index (χ4n) is 9.51. The number of carbonyl (C=O) groups excluding carboxylic acids is 4. The zero-order valence-corrected chi connectivity index (χ0v) is 34.0. The van der Waals surface area contributed by atoms with Crippen LogP contribution in [0.25, 0.3) is 0 Å². The van der Waals surface area contributed by atoms with Gasteiger partial charge in [-0.25, -0.2) is 4.98 Å². The largest absolute Gasteiger partial charge is 0.495 e. The Labute approximate surface area is 340 Å². The average Bonchev–Trinajstić information content (AvgIpc) is 3.23. The van der Waals surface area contributed by atoms with Crippen molar-refractivity contribution in [3.63, 3.8) is 0 Å². The molecule has 0 spiro atoms. The number of nitrogens with zero attached hydrogens (tertiary/aromatic N) is 5. The van der Waals surface area contributed by atoms with Gasteiger partial charge in [-0.1, -0.05) is 27.7 Å². The van der Waals surface area contributed by atoms with Gasteiger partial charge < -0.3 is 29.9 Å². The first-order valence-corrected chi connectivity index (χ1v) is 20.3. The lowest BCUT2D eigenvalue weighted by molar-refractivity contribution is -0.164. The minimum Gasteiger partial charge on any atom is -0.495 e.